The summed E-state index contributed by atoms with van der Waals surface area (Å²) in [6.45, 7) is 1.84. The van der Waals surface area contributed by atoms with Gasteiger partial charge in [0.1, 0.15) is 19.8 Å². The lowest BCUT2D eigenvalue weighted by atomic mass is 10.2. The van der Waals surface area contributed by atoms with Crippen molar-refractivity contribution in [3.05, 3.63) is 0 Å². The Bertz CT molecular complexity index is 270. The van der Waals surface area contributed by atoms with Gasteiger partial charge >= 0.3 is 0 Å². The zero-order valence-electron chi connectivity index (χ0n) is 8.92. The van der Waals surface area contributed by atoms with Crippen LogP contribution in [0.5, 0.6) is 0 Å². The molecule has 2 heteroatoms. The summed E-state index contributed by atoms with van der Waals surface area (Å²) in [6.07, 6.45) is 12.9. The smallest absolute Gasteiger partial charge is 0.109 e. The molecule has 0 unspecified atom stereocenters. The molecule has 0 bridgehead atoms. The normalized spacial score (nSPS) is 8.40. The molecule has 2 nitrogen and oxygen atoms in total. The van der Waals surface area contributed by atoms with Crippen LogP contribution in [0.1, 0.15) is 19.3 Å². The van der Waals surface area contributed by atoms with Crippen LogP contribution in [0.2, 0.25) is 0 Å². The fourth-order valence-corrected chi connectivity index (χ4v) is 0.849. The fourth-order valence-electron chi connectivity index (χ4n) is 0.849. The molecule has 0 atom stereocenters. The Morgan fingerprint density at radius 1 is 0.800 bits per heavy atom. The Hall–Kier alpha value is -1.40. The molecule has 80 valence electrons. The third-order valence-electron chi connectivity index (χ3n) is 1.51. The first-order chi connectivity index (χ1) is 7.41. The first kappa shape index (κ1) is 13.6. The van der Waals surface area contributed by atoms with E-state index in [1.807, 2.05) is 0 Å². The van der Waals surface area contributed by atoms with Gasteiger partial charge in [-0.25, -0.2) is 0 Å². The summed E-state index contributed by atoms with van der Waals surface area (Å²) in [4.78, 5) is 0. The molecule has 0 spiro atoms. The Morgan fingerprint density at radius 3 is 2.27 bits per heavy atom. The minimum absolute atomic E-state index is 0.328. The highest BCUT2D eigenvalue weighted by Gasteiger charge is 1.86. The van der Waals surface area contributed by atoms with Gasteiger partial charge in [0.05, 0.1) is 0 Å². The molecule has 0 heterocycles. The van der Waals surface area contributed by atoms with E-state index in [0.717, 1.165) is 19.3 Å². The van der Waals surface area contributed by atoms with Crippen molar-refractivity contribution >= 4 is 0 Å². The molecular weight excluding hydrogens is 188 g/mol. The number of hydrogen-bond acceptors (Lipinski definition) is 2. The van der Waals surface area contributed by atoms with E-state index < -0.39 is 0 Å². The van der Waals surface area contributed by atoms with E-state index >= 15 is 0 Å². The number of rotatable bonds is 7. The SMILES string of the molecule is C#CCOCC#CCCCCOCC#C. The first-order valence-corrected chi connectivity index (χ1v) is 4.90. The number of unbranched alkanes of at least 4 members (excludes halogenated alkanes) is 2. The molecule has 0 radical (unpaired) electrons. The fraction of sp³-hybridized carbons (Fsp3) is 0.538. The van der Waals surface area contributed by atoms with Gasteiger partial charge in [-0.1, -0.05) is 17.8 Å². The van der Waals surface area contributed by atoms with Crippen LogP contribution in [0, 0.1) is 36.5 Å². The van der Waals surface area contributed by atoms with E-state index in [1.54, 1.807) is 0 Å². The highest BCUT2D eigenvalue weighted by Crippen LogP contribution is 1.93. The third-order valence-corrected chi connectivity index (χ3v) is 1.51. The van der Waals surface area contributed by atoms with Crippen LogP contribution >= 0.6 is 0 Å². The van der Waals surface area contributed by atoms with Crippen LogP contribution in [0.25, 0.3) is 0 Å². The summed E-state index contributed by atoms with van der Waals surface area (Å²) in [5, 5.41) is 0. The summed E-state index contributed by atoms with van der Waals surface area (Å²) in [7, 11) is 0. The molecule has 15 heavy (non-hydrogen) atoms. The molecule has 0 saturated heterocycles. The summed E-state index contributed by atoms with van der Waals surface area (Å²) >= 11 is 0. The minimum Gasteiger partial charge on any atom is -0.369 e. The lowest BCUT2D eigenvalue weighted by Gasteiger charge is -1.96. The number of ether oxygens (including phenoxy) is 2. The zero-order chi connectivity index (χ0) is 11.2. The molecule has 0 aromatic carbocycles. The van der Waals surface area contributed by atoms with Gasteiger partial charge in [-0.05, 0) is 12.8 Å². The minimum atomic E-state index is 0.328. The van der Waals surface area contributed by atoms with E-state index in [0.29, 0.717) is 26.4 Å². The van der Waals surface area contributed by atoms with E-state index in [4.69, 9.17) is 22.3 Å². The van der Waals surface area contributed by atoms with Crippen molar-refractivity contribution in [3.8, 4) is 36.5 Å². The number of terminal acetylenes is 2. The first-order valence-electron chi connectivity index (χ1n) is 4.90. The van der Waals surface area contributed by atoms with Gasteiger partial charge in [0.15, 0.2) is 0 Å². The molecule has 0 rings (SSSR count). The van der Waals surface area contributed by atoms with E-state index in [9.17, 15) is 0 Å². The standard InChI is InChI=1S/C13H16O2/c1-3-10-14-12-8-6-5-7-9-13-15-11-4-2/h1-2H,5-6,8,10-13H2. The topological polar surface area (TPSA) is 18.5 Å². The van der Waals surface area contributed by atoms with Crippen molar-refractivity contribution in [2.24, 2.45) is 0 Å². The molecule has 0 amide bonds. The van der Waals surface area contributed by atoms with Crippen molar-refractivity contribution in [2.75, 3.05) is 26.4 Å². The predicted octanol–water partition coefficient (Wildman–Crippen LogP) is 1.46. The second-order valence-electron chi connectivity index (χ2n) is 2.76. The number of hydrogen-bond donors (Lipinski definition) is 0. The molecular formula is C13H16O2. The summed E-state index contributed by atoms with van der Waals surface area (Å²) in [5.74, 6) is 10.7. The predicted molar refractivity (Wildman–Crippen MR) is 60.9 cm³/mol. The largest absolute Gasteiger partial charge is 0.369 e. The van der Waals surface area contributed by atoms with Crippen LogP contribution in [-0.2, 0) is 9.47 Å². The highest BCUT2D eigenvalue weighted by molar-refractivity contribution is 4.99. The van der Waals surface area contributed by atoms with Gasteiger partial charge in [0.2, 0.25) is 0 Å². The lowest BCUT2D eigenvalue weighted by molar-refractivity contribution is 0.163. The van der Waals surface area contributed by atoms with Gasteiger partial charge in [-0.2, -0.15) is 0 Å². The molecule has 0 aromatic rings. The van der Waals surface area contributed by atoms with E-state index in [-0.39, 0.29) is 0 Å². The van der Waals surface area contributed by atoms with Crippen molar-refractivity contribution in [1.82, 2.24) is 0 Å². The highest BCUT2D eigenvalue weighted by atomic mass is 16.5. The average Bonchev–Trinajstić information content (AvgIpc) is 2.26. The molecule has 0 fully saturated rings. The monoisotopic (exact) mass is 204 g/mol. The third kappa shape index (κ3) is 12.6. The maximum absolute atomic E-state index is 5.11. The summed E-state index contributed by atoms with van der Waals surface area (Å²) < 4.78 is 10.1. The quantitative estimate of drug-likeness (QED) is 0.462. The van der Waals surface area contributed by atoms with Crippen molar-refractivity contribution in [2.45, 2.75) is 19.3 Å². The van der Waals surface area contributed by atoms with E-state index in [1.165, 1.54) is 0 Å². The molecule has 0 aromatic heterocycles. The Kier molecular flexibility index (Phi) is 11.4. The van der Waals surface area contributed by atoms with Crippen LogP contribution < -0.4 is 0 Å². The molecule has 0 N–H and O–H groups in total. The van der Waals surface area contributed by atoms with Gasteiger partial charge < -0.3 is 9.47 Å². The van der Waals surface area contributed by atoms with E-state index in [2.05, 4.69) is 23.7 Å². The van der Waals surface area contributed by atoms with Gasteiger partial charge in [0, 0.05) is 13.0 Å². The van der Waals surface area contributed by atoms with Crippen LogP contribution in [0.3, 0.4) is 0 Å². The van der Waals surface area contributed by atoms with Gasteiger partial charge in [0.25, 0.3) is 0 Å². The lowest BCUT2D eigenvalue weighted by Crippen LogP contribution is -1.94. The van der Waals surface area contributed by atoms with Crippen molar-refractivity contribution in [3.63, 3.8) is 0 Å². The Morgan fingerprint density at radius 2 is 1.53 bits per heavy atom. The molecule has 0 aliphatic heterocycles. The van der Waals surface area contributed by atoms with Gasteiger partial charge in [-0.3, -0.25) is 0 Å². The van der Waals surface area contributed by atoms with Crippen LogP contribution in [0.15, 0.2) is 0 Å². The van der Waals surface area contributed by atoms with Gasteiger partial charge in [-0.15, -0.1) is 18.8 Å². The summed E-state index contributed by atoms with van der Waals surface area (Å²) in [6, 6.07) is 0. The average molecular weight is 204 g/mol. The molecule has 0 aliphatic rings. The van der Waals surface area contributed by atoms with Crippen LogP contribution in [0.4, 0.5) is 0 Å². The second-order valence-corrected chi connectivity index (χ2v) is 2.76. The molecule has 0 aliphatic carbocycles. The maximum atomic E-state index is 5.11. The van der Waals surface area contributed by atoms with Crippen molar-refractivity contribution < 1.29 is 9.47 Å². The Balaban J connectivity index is 3.10. The molecule has 0 saturated carbocycles. The Labute approximate surface area is 92.3 Å². The maximum Gasteiger partial charge on any atom is 0.109 e. The summed E-state index contributed by atoms with van der Waals surface area (Å²) in [5.41, 5.74) is 0. The van der Waals surface area contributed by atoms with Crippen molar-refractivity contribution in [1.29, 1.82) is 0 Å². The second kappa shape index (κ2) is 12.6. The van der Waals surface area contributed by atoms with Crippen LogP contribution in [-0.4, -0.2) is 26.4 Å². The zero-order valence-corrected chi connectivity index (χ0v) is 8.92.